The highest BCUT2D eigenvalue weighted by Gasteiger charge is 2.25. The third-order valence-corrected chi connectivity index (χ3v) is 3.21. The Morgan fingerprint density at radius 3 is 2.86 bits per heavy atom. The van der Waals surface area contributed by atoms with Gasteiger partial charge in [-0.3, -0.25) is 9.69 Å². The van der Waals surface area contributed by atoms with Gasteiger partial charge in [-0.15, -0.1) is 0 Å². The summed E-state index contributed by atoms with van der Waals surface area (Å²) >= 11 is 0. The van der Waals surface area contributed by atoms with Gasteiger partial charge in [-0.25, -0.2) is 0 Å². The lowest BCUT2D eigenvalue weighted by Gasteiger charge is -2.39. The molecule has 1 amide bonds. The molecule has 2 N–H and O–H groups in total. The monoisotopic (exact) mass is 198 g/mol. The zero-order valence-corrected chi connectivity index (χ0v) is 9.33. The van der Waals surface area contributed by atoms with Crippen LogP contribution in [-0.4, -0.2) is 29.4 Å². The van der Waals surface area contributed by atoms with E-state index in [0.717, 1.165) is 6.54 Å². The van der Waals surface area contributed by atoms with E-state index in [-0.39, 0.29) is 5.91 Å². The van der Waals surface area contributed by atoms with E-state index in [1.807, 2.05) is 0 Å². The van der Waals surface area contributed by atoms with Gasteiger partial charge in [-0.2, -0.15) is 0 Å². The molecule has 0 spiro atoms. The molecule has 1 fully saturated rings. The largest absolute Gasteiger partial charge is 0.370 e. The normalized spacial score (nSPS) is 26.0. The molecule has 1 rings (SSSR count). The molecule has 2 unspecified atom stereocenters. The Hall–Kier alpha value is -0.570. The lowest BCUT2D eigenvalue weighted by Crippen LogP contribution is -2.46. The van der Waals surface area contributed by atoms with Crippen molar-refractivity contribution in [1.29, 1.82) is 0 Å². The van der Waals surface area contributed by atoms with Crippen molar-refractivity contribution in [2.75, 3.05) is 6.54 Å². The van der Waals surface area contributed by atoms with E-state index >= 15 is 0 Å². The lowest BCUT2D eigenvalue weighted by molar-refractivity contribution is -0.119. The second-order valence-electron chi connectivity index (χ2n) is 4.32. The fourth-order valence-corrected chi connectivity index (χ4v) is 2.45. The highest BCUT2D eigenvalue weighted by Crippen LogP contribution is 2.22. The van der Waals surface area contributed by atoms with Gasteiger partial charge in [0, 0.05) is 18.5 Å². The summed E-state index contributed by atoms with van der Waals surface area (Å²) in [6, 6.07) is 0.982. The topological polar surface area (TPSA) is 46.3 Å². The van der Waals surface area contributed by atoms with Crippen LogP contribution < -0.4 is 5.73 Å². The predicted molar refractivity (Wildman–Crippen MR) is 57.9 cm³/mol. The molecule has 1 aliphatic heterocycles. The fourth-order valence-electron chi connectivity index (χ4n) is 2.45. The molecule has 2 atom stereocenters. The van der Waals surface area contributed by atoms with Crippen molar-refractivity contribution in [2.24, 2.45) is 5.73 Å². The second kappa shape index (κ2) is 5.35. The van der Waals surface area contributed by atoms with Crippen LogP contribution in [0.5, 0.6) is 0 Å². The van der Waals surface area contributed by atoms with Crippen molar-refractivity contribution in [3.63, 3.8) is 0 Å². The van der Waals surface area contributed by atoms with E-state index in [1.54, 1.807) is 0 Å². The number of likely N-dealkylation sites (tertiary alicyclic amines) is 1. The smallest absolute Gasteiger partial charge is 0.218 e. The Balaban J connectivity index is 2.49. The van der Waals surface area contributed by atoms with E-state index < -0.39 is 0 Å². The first-order valence-corrected chi connectivity index (χ1v) is 5.69. The first-order valence-electron chi connectivity index (χ1n) is 5.69. The Morgan fingerprint density at radius 1 is 1.57 bits per heavy atom. The molecule has 14 heavy (non-hydrogen) atoms. The highest BCUT2D eigenvalue weighted by atomic mass is 16.1. The van der Waals surface area contributed by atoms with Gasteiger partial charge in [0.1, 0.15) is 0 Å². The standard InChI is InChI=1S/C11H22N2O/c1-3-10-6-4-5-7-13(10)9(2)8-11(12)14/h9-10H,3-8H2,1-2H3,(H2,12,14). The average Bonchev–Trinajstić information content (AvgIpc) is 2.16. The van der Waals surface area contributed by atoms with Crippen LogP contribution in [0.15, 0.2) is 0 Å². The first-order chi connectivity index (χ1) is 6.65. The third kappa shape index (κ3) is 2.98. The summed E-state index contributed by atoms with van der Waals surface area (Å²) in [4.78, 5) is 13.3. The van der Waals surface area contributed by atoms with Gasteiger partial charge in [0.2, 0.25) is 5.91 Å². The van der Waals surface area contributed by atoms with Crippen molar-refractivity contribution in [3.05, 3.63) is 0 Å². The Labute approximate surface area is 86.6 Å². The number of hydrogen-bond donors (Lipinski definition) is 1. The SMILES string of the molecule is CCC1CCCCN1C(C)CC(N)=O. The second-order valence-corrected chi connectivity index (χ2v) is 4.32. The predicted octanol–water partition coefficient (Wildman–Crippen LogP) is 1.51. The number of carbonyl (C=O) groups excluding carboxylic acids is 1. The summed E-state index contributed by atoms with van der Waals surface area (Å²) in [7, 11) is 0. The van der Waals surface area contributed by atoms with E-state index in [4.69, 9.17) is 5.73 Å². The van der Waals surface area contributed by atoms with Gasteiger partial charge in [-0.1, -0.05) is 13.3 Å². The van der Waals surface area contributed by atoms with Gasteiger partial charge in [0.15, 0.2) is 0 Å². The van der Waals surface area contributed by atoms with Gasteiger partial charge >= 0.3 is 0 Å². The van der Waals surface area contributed by atoms with Crippen LogP contribution in [-0.2, 0) is 4.79 Å². The molecule has 3 nitrogen and oxygen atoms in total. The number of primary amides is 1. The number of carbonyl (C=O) groups is 1. The maximum absolute atomic E-state index is 10.8. The van der Waals surface area contributed by atoms with Crippen molar-refractivity contribution in [1.82, 2.24) is 4.90 Å². The minimum absolute atomic E-state index is 0.182. The summed E-state index contributed by atoms with van der Waals surface area (Å²) in [5, 5.41) is 0. The van der Waals surface area contributed by atoms with Crippen LogP contribution in [0.2, 0.25) is 0 Å². The van der Waals surface area contributed by atoms with Crippen LogP contribution in [0.4, 0.5) is 0 Å². The van der Waals surface area contributed by atoms with Crippen molar-refractivity contribution < 1.29 is 4.79 Å². The van der Waals surface area contributed by atoms with Crippen LogP contribution >= 0.6 is 0 Å². The van der Waals surface area contributed by atoms with E-state index in [9.17, 15) is 4.79 Å². The molecule has 3 heteroatoms. The van der Waals surface area contributed by atoms with Crippen LogP contribution in [0.25, 0.3) is 0 Å². The number of amides is 1. The molecule has 1 heterocycles. The number of piperidine rings is 1. The number of nitrogens with zero attached hydrogens (tertiary/aromatic N) is 1. The van der Waals surface area contributed by atoms with Crippen LogP contribution in [0.1, 0.15) is 46.0 Å². The summed E-state index contributed by atoms with van der Waals surface area (Å²) in [6.07, 6.45) is 5.55. The molecule has 0 radical (unpaired) electrons. The molecule has 1 aliphatic rings. The Kier molecular flexibility index (Phi) is 4.39. The zero-order chi connectivity index (χ0) is 10.6. The first kappa shape index (κ1) is 11.5. The molecule has 0 aliphatic carbocycles. The van der Waals surface area contributed by atoms with Crippen LogP contribution in [0, 0.1) is 0 Å². The van der Waals surface area contributed by atoms with E-state index in [0.29, 0.717) is 18.5 Å². The van der Waals surface area contributed by atoms with Crippen molar-refractivity contribution >= 4 is 5.91 Å². The molecule has 82 valence electrons. The molecule has 0 saturated carbocycles. The quantitative estimate of drug-likeness (QED) is 0.744. The number of rotatable bonds is 4. The number of nitrogens with two attached hydrogens (primary N) is 1. The van der Waals surface area contributed by atoms with Crippen molar-refractivity contribution in [2.45, 2.75) is 58.0 Å². The Bertz CT molecular complexity index is 194. The highest BCUT2D eigenvalue weighted by molar-refractivity contribution is 5.74. The molecule has 0 aromatic carbocycles. The van der Waals surface area contributed by atoms with Crippen LogP contribution in [0.3, 0.4) is 0 Å². The van der Waals surface area contributed by atoms with Crippen molar-refractivity contribution in [3.8, 4) is 0 Å². The maximum Gasteiger partial charge on any atom is 0.218 e. The molecule has 0 aromatic heterocycles. The molecule has 0 bridgehead atoms. The molecular formula is C11H22N2O. The van der Waals surface area contributed by atoms with Gasteiger partial charge in [0.25, 0.3) is 0 Å². The lowest BCUT2D eigenvalue weighted by atomic mass is 9.97. The van der Waals surface area contributed by atoms with Gasteiger partial charge in [0.05, 0.1) is 0 Å². The molecular weight excluding hydrogens is 176 g/mol. The fraction of sp³-hybridized carbons (Fsp3) is 0.909. The zero-order valence-electron chi connectivity index (χ0n) is 9.33. The molecule has 0 aromatic rings. The Morgan fingerprint density at radius 2 is 2.29 bits per heavy atom. The summed E-state index contributed by atoms with van der Waals surface area (Å²) in [5.41, 5.74) is 5.22. The minimum atomic E-state index is -0.182. The third-order valence-electron chi connectivity index (χ3n) is 3.21. The van der Waals surface area contributed by atoms with E-state index in [1.165, 1.54) is 25.7 Å². The van der Waals surface area contributed by atoms with Gasteiger partial charge < -0.3 is 5.73 Å². The molecule has 1 saturated heterocycles. The average molecular weight is 198 g/mol. The van der Waals surface area contributed by atoms with E-state index in [2.05, 4.69) is 18.7 Å². The summed E-state index contributed by atoms with van der Waals surface area (Å²) in [5.74, 6) is -0.182. The maximum atomic E-state index is 10.8. The van der Waals surface area contributed by atoms with Gasteiger partial charge in [-0.05, 0) is 32.7 Å². The minimum Gasteiger partial charge on any atom is -0.370 e. The number of hydrogen-bond acceptors (Lipinski definition) is 2. The summed E-state index contributed by atoms with van der Waals surface area (Å²) in [6.45, 7) is 5.46. The summed E-state index contributed by atoms with van der Waals surface area (Å²) < 4.78 is 0.